The van der Waals surface area contributed by atoms with Crippen LogP contribution in [0, 0.1) is 0 Å². The summed E-state index contributed by atoms with van der Waals surface area (Å²) in [6.07, 6.45) is -0.546. The Bertz CT molecular complexity index is 685. The third kappa shape index (κ3) is 4.28. The highest BCUT2D eigenvalue weighted by atomic mass is 32.1. The summed E-state index contributed by atoms with van der Waals surface area (Å²) in [5, 5.41) is 4.84. The van der Waals surface area contributed by atoms with Crippen molar-refractivity contribution in [2.45, 2.75) is 26.4 Å². The van der Waals surface area contributed by atoms with E-state index >= 15 is 0 Å². The number of carbonyl (C=O) groups is 2. The predicted molar refractivity (Wildman–Crippen MR) is 86.6 cm³/mol. The molecule has 2 heterocycles. The highest BCUT2D eigenvalue weighted by Crippen LogP contribution is 2.31. The maximum atomic E-state index is 11.7. The molecule has 0 aromatic carbocycles. The molecule has 0 spiro atoms. The molecule has 2 aromatic heterocycles. The Morgan fingerprint density at radius 2 is 2.00 bits per heavy atom. The summed E-state index contributed by atoms with van der Waals surface area (Å²) < 4.78 is 9.83. The zero-order chi connectivity index (χ0) is 16.3. The molecule has 2 rings (SSSR count). The van der Waals surface area contributed by atoms with Crippen LogP contribution in [0.25, 0.3) is 10.6 Å². The van der Waals surface area contributed by atoms with Crippen molar-refractivity contribution in [2.24, 2.45) is 0 Å². The number of ether oxygens (including phenoxy) is 2. The third-order valence-electron chi connectivity index (χ3n) is 2.36. The van der Waals surface area contributed by atoms with Gasteiger partial charge in [0.15, 0.2) is 5.13 Å². The standard InChI is InChI=1S/C14H16N2O4S2/c1-14(2,3)20-13(18)16-12-15-8(7-21-12)9-5-6-10(22-9)11(17)19-4/h5-7H,1-4H3,(H,15,16,18). The van der Waals surface area contributed by atoms with Crippen LogP contribution in [0.5, 0.6) is 0 Å². The average molecular weight is 340 g/mol. The summed E-state index contributed by atoms with van der Waals surface area (Å²) in [6.45, 7) is 5.37. The van der Waals surface area contributed by atoms with Crippen LogP contribution < -0.4 is 5.32 Å². The molecule has 0 unspecified atom stereocenters. The van der Waals surface area contributed by atoms with Crippen molar-refractivity contribution in [1.29, 1.82) is 0 Å². The van der Waals surface area contributed by atoms with E-state index in [0.717, 1.165) is 4.88 Å². The van der Waals surface area contributed by atoms with Crippen LogP contribution in [0.1, 0.15) is 30.4 Å². The number of nitrogens with one attached hydrogen (secondary N) is 1. The average Bonchev–Trinajstić information content (AvgIpc) is 3.03. The van der Waals surface area contributed by atoms with Gasteiger partial charge in [-0.2, -0.15) is 0 Å². The minimum Gasteiger partial charge on any atom is -0.465 e. The third-order valence-corrected chi connectivity index (χ3v) is 4.20. The quantitative estimate of drug-likeness (QED) is 0.854. The summed E-state index contributed by atoms with van der Waals surface area (Å²) in [5.41, 5.74) is 0.129. The van der Waals surface area contributed by atoms with E-state index in [1.165, 1.54) is 29.8 Å². The number of esters is 1. The number of hydrogen-bond donors (Lipinski definition) is 1. The van der Waals surface area contributed by atoms with Gasteiger partial charge in [0, 0.05) is 5.38 Å². The van der Waals surface area contributed by atoms with E-state index in [1.807, 2.05) is 0 Å². The molecule has 6 nitrogen and oxygen atoms in total. The van der Waals surface area contributed by atoms with Crippen molar-refractivity contribution in [3.05, 3.63) is 22.4 Å². The SMILES string of the molecule is COC(=O)c1ccc(-c2csc(NC(=O)OC(C)(C)C)n2)s1. The maximum Gasteiger partial charge on any atom is 0.413 e. The molecule has 0 aliphatic heterocycles. The second-order valence-corrected chi connectivity index (χ2v) is 7.26. The second-order valence-electron chi connectivity index (χ2n) is 5.32. The van der Waals surface area contributed by atoms with Crippen LogP contribution >= 0.6 is 22.7 Å². The predicted octanol–water partition coefficient (Wildman–Crippen LogP) is 4.01. The lowest BCUT2D eigenvalue weighted by Gasteiger charge is -2.18. The van der Waals surface area contributed by atoms with Gasteiger partial charge in [-0.1, -0.05) is 0 Å². The topological polar surface area (TPSA) is 77.5 Å². The van der Waals surface area contributed by atoms with E-state index < -0.39 is 11.7 Å². The number of anilines is 1. The molecular formula is C14H16N2O4S2. The highest BCUT2D eigenvalue weighted by Gasteiger charge is 2.18. The smallest absolute Gasteiger partial charge is 0.413 e. The van der Waals surface area contributed by atoms with Gasteiger partial charge in [-0.3, -0.25) is 5.32 Å². The second kappa shape index (κ2) is 6.45. The molecule has 0 aliphatic carbocycles. The van der Waals surface area contributed by atoms with Crippen LogP contribution in [-0.2, 0) is 9.47 Å². The molecule has 0 atom stereocenters. The molecule has 0 aliphatic rings. The fraction of sp³-hybridized carbons (Fsp3) is 0.357. The number of carbonyl (C=O) groups excluding carboxylic acids is 2. The number of thiazole rings is 1. The lowest BCUT2D eigenvalue weighted by molar-refractivity contribution is 0.0603. The Balaban J connectivity index is 2.07. The number of amides is 1. The Hall–Kier alpha value is -1.93. The van der Waals surface area contributed by atoms with E-state index in [1.54, 1.807) is 38.3 Å². The molecule has 0 fully saturated rings. The van der Waals surface area contributed by atoms with E-state index in [0.29, 0.717) is 15.7 Å². The summed E-state index contributed by atoms with van der Waals surface area (Å²) in [5.74, 6) is -0.376. The molecular weight excluding hydrogens is 324 g/mol. The monoisotopic (exact) mass is 340 g/mol. The van der Waals surface area contributed by atoms with Gasteiger partial charge >= 0.3 is 12.1 Å². The van der Waals surface area contributed by atoms with E-state index in [4.69, 9.17) is 4.74 Å². The fourth-order valence-electron chi connectivity index (χ4n) is 1.52. The molecule has 1 amide bonds. The Morgan fingerprint density at radius 3 is 2.64 bits per heavy atom. The summed E-state index contributed by atoms with van der Waals surface area (Å²) in [4.78, 5) is 28.8. The zero-order valence-corrected chi connectivity index (χ0v) is 14.3. The minimum absolute atomic E-state index is 0.376. The molecule has 0 radical (unpaired) electrons. The number of hydrogen-bond acceptors (Lipinski definition) is 7. The first-order valence-corrected chi connectivity index (χ1v) is 8.12. The van der Waals surface area contributed by atoms with Gasteiger partial charge in [0.1, 0.15) is 10.5 Å². The van der Waals surface area contributed by atoms with Crippen LogP contribution in [0.2, 0.25) is 0 Å². The van der Waals surface area contributed by atoms with Gasteiger partial charge in [0.05, 0.1) is 17.7 Å². The van der Waals surface area contributed by atoms with E-state index in [-0.39, 0.29) is 5.97 Å². The first kappa shape index (κ1) is 16.4. The number of thiophene rings is 1. The lowest BCUT2D eigenvalue weighted by Crippen LogP contribution is -2.27. The summed E-state index contributed by atoms with van der Waals surface area (Å²) >= 11 is 2.58. The Kier molecular flexibility index (Phi) is 4.82. The number of rotatable bonds is 3. The van der Waals surface area contributed by atoms with Crippen LogP contribution in [0.4, 0.5) is 9.93 Å². The molecule has 2 aromatic rings. The first-order valence-electron chi connectivity index (χ1n) is 6.42. The number of aromatic nitrogens is 1. The summed E-state index contributed by atoms with van der Waals surface area (Å²) in [7, 11) is 1.34. The van der Waals surface area contributed by atoms with Crippen LogP contribution in [-0.4, -0.2) is 29.8 Å². The number of nitrogens with zero attached hydrogens (tertiary/aromatic N) is 1. The van der Waals surface area contributed by atoms with Gasteiger partial charge in [0.25, 0.3) is 0 Å². The van der Waals surface area contributed by atoms with Crippen LogP contribution in [0.15, 0.2) is 17.5 Å². The molecule has 0 saturated carbocycles. The van der Waals surface area contributed by atoms with Gasteiger partial charge in [-0.25, -0.2) is 14.6 Å². The molecule has 118 valence electrons. The highest BCUT2D eigenvalue weighted by molar-refractivity contribution is 7.18. The zero-order valence-electron chi connectivity index (χ0n) is 12.6. The van der Waals surface area contributed by atoms with Gasteiger partial charge in [-0.15, -0.1) is 22.7 Å². The van der Waals surface area contributed by atoms with Crippen LogP contribution in [0.3, 0.4) is 0 Å². The largest absolute Gasteiger partial charge is 0.465 e. The molecule has 0 bridgehead atoms. The first-order chi connectivity index (χ1) is 10.3. The number of methoxy groups -OCH3 is 1. The summed E-state index contributed by atoms with van der Waals surface area (Å²) in [6, 6.07) is 3.48. The Labute approximate surface area is 136 Å². The van der Waals surface area contributed by atoms with Crippen molar-refractivity contribution in [3.63, 3.8) is 0 Å². The van der Waals surface area contributed by atoms with Crippen molar-refractivity contribution >= 4 is 39.9 Å². The van der Waals surface area contributed by atoms with Crippen molar-refractivity contribution < 1.29 is 19.1 Å². The maximum absolute atomic E-state index is 11.7. The normalized spacial score (nSPS) is 11.1. The van der Waals surface area contributed by atoms with E-state index in [9.17, 15) is 9.59 Å². The molecule has 0 saturated heterocycles. The minimum atomic E-state index is -0.562. The van der Waals surface area contributed by atoms with Crippen molar-refractivity contribution in [2.75, 3.05) is 12.4 Å². The van der Waals surface area contributed by atoms with Crippen molar-refractivity contribution in [1.82, 2.24) is 4.98 Å². The molecule has 8 heteroatoms. The molecule has 22 heavy (non-hydrogen) atoms. The van der Waals surface area contributed by atoms with Gasteiger partial charge < -0.3 is 9.47 Å². The van der Waals surface area contributed by atoms with Crippen molar-refractivity contribution in [3.8, 4) is 10.6 Å². The van der Waals surface area contributed by atoms with Gasteiger partial charge in [-0.05, 0) is 32.9 Å². The fourth-order valence-corrected chi connectivity index (χ4v) is 3.18. The van der Waals surface area contributed by atoms with Gasteiger partial charge in [0.2, 0.25) is 0 Å². The Morgan fingerprint density at radius 1 is 1.27 bits per heavy atom. The molecule has 1 N–H and O–H groups in total. The lowest BCUT2D eigenvalue weighted by atomic mass is 10.2. The van der Waals surface area contributed by atoms with E-state index in [2.05, 4.69) is 15.0 Å².